The van der Waals surface area contributed by atoms with Crippen molar-refractivity contribution in [2.45, 2.75) is 46.0 Å². The Morgan fingerprint density at radius 2 is 1.79 bits per heavy atom. The van der Waals surface area contributed by atoms with E-state index in [2.05, 4.69) is 32.2 Å². The minimum atomic E-state index is 0.286. The molecule has 0 saturated carbocycles. The molecule has 3 heterocycles. The van der Waals surface area contributed by atoms with E-state index in [9.17, 15) is 4.79 Å². The number of likely N-dealkylation sites (tertiary alicyclic amines) is 1. The van der Waals surface area contributed by atoms with Crippen LogP contribution >= 0.6 is 0 Å². The topological polar surface area (TPSA) is 77.2 Å². The molecule has 0 aliphatic carbocycles. The van der Waals surface area contributed by atoms with E-state index in [0.717, 1.165) is 76.1 Å². The lowest BCUT2D eigenvalue weighted by Crippen LogP contribution is -2.54. The van der Waals surface area contributed by atoms with Gasteiger partial charge in [-0.3, -0.25) is 14.7 Å². The summed E-state index contributed by atoms with van der Waals surface area (Å²) in [4.78, 5) is 23.6. The van der Waals surface area contributed by atoms with Crippen molar-refractivity contribution in [2.75, 3.05) is 59.4 Å². The number of nitrogens with zero attached hydrogens (tertiary/aromatic N) is 5. The van der Waals surface area contributed by atoms with Gasteiger partial charge in [0.15, 0.2) is 5.96 Å². The van der Waals surface area contributed by atoms with Crippen LogP contribution in [0.15, 0.2) is 9.52 Å². The first-order chi connectivity index (χ1) is 14.0. The van der Waals surface area contributed by atoms with Crippen molar-refractivity contribution in [3.05, 3.63) is 17.0 Å². The van der Waals surface area contributed by atoms with Crippen LogP contribution in [0.25, 0.3) is 0 Å². The average molecular weight is 405 g/mol. The second kappa shape index (κ2) is 10.1. The first-order valence-corrected chi connectivity index (χ1v) is 10.9. The van der Waals surface area contributed by atoms with Crippen molar-refractivity contribution in [3.63, 3.8) is 0 Å². The van der Waals surface area contributed by atoms with Crippen LogP contribution in [0.5, 0.6) is 0 Å². The summed E-state index contributed by atoms with van der Waals surface area (Å²) in [5.41, 5.74) is 2.13. The van der Waals surface area contributed by atoms with Gasteiger partial charge in [0, 0.05) is 64.3 Å². The number of carbonyl (C=O) groups is 1. The van der Waals surface area contributed by atoms with Gasteiger partial charge in [0.1, 0.15) is 5.76 Å². The Morgan fingerprint density at radius 1 is 1.10 bits per heavy atom. The Morgan fingerprint density at radius 3 is 2.38 bits per heavy atom. The van der Waals surface area contributed by atoms with Crippen molar-refractivity contribution in [3.8, 4) is 0 Å². The van der Waals surface area contributed by atoms with Gasteiger partial charge in [0.2, 0.25) is 5.91 Å². The zero-order valence-corrected chi connectivity index (χ0v) is 18.4. The molecule has 1 atom stereocenters. The molecule has 2 aliphatic rings. The maximum absolute atomic E-state index is 12.5. The summed E-state index contributed by atoms with van der Waals surface area (Å²) < 4.78 is 5.30. The number of carbonyl (C=O) groups excluding carboxylic acids is 1. The molecule has 1 unspecified atom stereocenters. The number of nitrogens with one attached hydrogen (secondary N) is 1. The first kappa shape index (κ1) is 21.6. The van der Waals surface area contributed by atoms with Gasteiger partial charge in [-0.25, -0.2) is 0 Å². The van der Waals surface area contributed by atoms with E-state index in [1.165, 1.54) is 12.0 Å². The molecule has 162 valence electrons. The molecule has 0 bridgehead atoms. The highest BCUT2D eigenvalue weighted by Crippen LogP contribution is 2.22. The summed E-state index contributed by atoms with van der Waals surface area (Å²) in [6.45, 7) is 12.9. The van der Waals surface area contributed by atoms with Gasteiger partial charge in [-0.1, -0.05) is 12.1 Å². The van der Waals surface area contributed by atoms with E-state index >= 15 is 0 Å². The summed E-state index contributed by atoms with van der Waals surface area (Å²) in [5, 5.41) is 7.56. The number of amides is 1. The number of aromatic nitrogens is 1. The lowest BCUT2D eigenvalue weighted by atomic mass is 10.00. The predicted octanol–water partition coefficient (Wildman–Crippen LogP) is 1.60. The quantitative estimate of drug-likeness (QED) is 0.593. The summed E-state index contributed by atoms with van der Waals surface area (Å²) in [7, 11) is 1.83. The van der Waals surface area contributed by atoms with Crippen molar-refractivity contribution in [1.82, 2.24) is 25.2 Å². The maximum atomic E-state index is 12.5. The van der Waals surface area contributed by atoms with E-state index < -0.39 is 0 Å². The zero-order valence-electron chi connectivity index (χ0n) is 18.4. The van der Waals surface area contributed by atoms with Gasteiger partial charge in [0.05, 0.1) is 12.2 Å². The van der Waals surface area contributed by atoms with Crippen LogP contribution in [0.1, 0.15) is 49.1 Å². The smallest absolute Gasteiger partial charge is 0.236 e. The maximum Gasteiger partial charge on any atom is 0.236 e. The van der Waals surface area contributed by atoms with Gasteiger partial charge in [0.25, 0.3) is 0 Å². The SMILES string of the molecule is CN=C(NCC(C)c1c(C)noc1C)N1CCN(CC(=O)N2CCCCC2)CC1. The lowest BCUT2D eigenvalue weighted by Gasteiger charge is -2.37. The number of guanidine groups is 1. The van der Waals surface area contributed by atoms with Crippen LogP contribution in [0.4, 0.5) is 0 Å². The fourth-order valence-electron chi connectivity index (χ4n) is 4.42. The van der Waals surface area contributed by atoms with E-state index in [4.69, 9.17) is 4.52 Å². The molecule has 29 heavy (non-hydrogen) atoms. The predicted molar refractivity (Wildman–Crippen MR) is 114 cm³/mol. The van der Waals surface area contributed by atoms with E-state index in [0.29, 0.717) is 12.5 Å². The number of aryl methyl sites for hydroxylation is 2. The number of hydrogen-bond acceptors (Lipinski definition) is 5. The van der Waals surface area contributed by atoms with E-state index in [-0.39, 0.29) is 5.91 Å². The molecule has 3 rings (SSSR count). The van der Waals surface area contributed by atoms with Crippen LogP contribution in [0.2, 0.25) is 0 Å². The fraction of sp³-hybridized carbons (Fsp3) is 0.762. The minimum absolute atomic E-state index is 0.286. The highest BCUT2D eigenvalue weighted by Gasteiger charge is 2.24. The third-order valence-electron chi connectivity index (χ3n) is 6.10. The molecule has 8 nitrogen and oxygen atoms in total. The second-order valence-electron chi connectivity index (χ2n) is 8.27. The molecular formula is C21H36N6O2. The number of rotatable bonds is 5. The Labute approximate surface area is 174 Å². The van der Waals surface area contributed by atoms with E-state index in [1.807, 2.05) is 25.8 Å². The normalized spacial score (nSPS) is 20.1. The molecule has 1 aromatic rings. The Bertz CT molecular complexity index is 683. The summed E-state index contributed by atoms with van der Waals surface area (Å²) in [6, 6.07) is 0. The first-order valence-electron chi connectivity index (χ1n) is 10.9. The van der Waals surface area contributed by atoms with Crippen molar-refractivity contribution >= 4 is 11.9 Å². The van der Waals surface area contributed by atoms with Crippen molar-refractivity contribution < 1.29 is 9.32 Å². The van der Waals surface area contributed by atoms with Crippen LogP contribution in [-0.2, 0) is 4.79 Å². The molecule has 0 radical (unpaired) electrons. The second-order valence-corrected chi connectivity index (χ2v) is 8.27. The molecule has 1 aromatic heterocycles. The largest absolute Gasteiger partial charge is 0.361 e. The molecule has 8 heteroatoms. The third kappa shape index (κ3) is 5.50. The molecule has 0 aromatic carbocycles. The number of piperidine rings is 1. The Kier molecular flexibility index (Phi) is 7.52. The van der Waals surface area contributed by atoms with Gasteiger partial charge < -0.3 is 19.6 Å². The molecular weight excluding hydrogens is 368 g/mol. The third-order valence-corrected chi connectivity index (χ3v) is 6.10. The summed E-state index contributed by atoms with van der Waals surface area (Å²) >= 11 is 0. The molecule has 0 spiro atoms. The zero-order chi connectivity index (χ0) is 20.8. The highest BCUT2D eigenvalue weighted by molar-refractivity contribution is 5.80. The summed E-state index contributed by atoms with van der Waals surface area (Å²) in [6.07, 6.45) is 3.55. The van der Waals surface area contributed by atoms with Gasteiger partial charge >= 0.3 is 0 Å². The Hall–Kier alpha value is -2.09. The summed E-state index contributed by atoms with van der Waals surface area (Å²) in [5.74, 6) is 2.39. The van der Waals surface area contributed by atoms with Crippen LogP contribution < -0.4 is 5.32 Å². The van der Waals surface area contributed by atoms with Gasteiger partial charge in [-0.15, -0.1) is 0 Å². The molecule has 1 N–H and O–H groups in total. The molecule has 2 saturated heterocycles. The minimum Gasteiger partial charge on any atom is -0.361 e. The number of piperazine rings is 1. The number of aliphatic imine (C=N–C) groups is 1. The molecule has 2 fully saturated rings. The molecule has 2 aliphatic heterocycles. The standard InChI is InChI=1S/C21H36N6O2/c1-16(20-17(2)24-29-18(20)3)14-23-21(22-4)27-12-10-25(11-13-27)15-19(28)26-8-6-5-7-9-26/h16H,5-15H2,1-4H3,(H,22,23). The van der Waals surface area contributed by atoms with Crippen molar-refractivity contribution in [1.29, 1.82) is 0 Å². The van der Waals surface area contributed by atoms with Gasteiger partial charge in [-0.2, -0.15) is 0 Å². The fourth-order valence-corrected chi connectivity index (χ4v) is 4.42. The van der Waals surface area contributed by atoms with Crippen LogP contribution in [0.3, 0.4) is 0 Å². The highest BCUT2D eigenvalue weighted by atomic mass is 16.5. The van der Waals surface area contributed by atoms with Crippen LogP contribution in [0, 0.1) is 13.8 Å². The van der Waals surface area contributed by atoms with Crippen LogP contribution in [-0.4, -0.2) is 91.1 Å². The number of hydrogen-bond donors (Lipinski definition) is 1. The van der Waals surface area contributed by atoms with Crippen molar-refractivity contribution in [2.24, 2.45) is 4.99 Å². The van der Waals surface area contributed by atoms with Gasteiger partial charge in [-0.05, 0) is 33.1 Å². The molecule has 1 amide bonds. The Balaban J connectivity index is 1.44. The lowest BCUT2D eigenvalue weighted by molar-refractivity contribution is -0.133. The van der Waals surface area contributed by atoms with E-state index in [1.54, 1.807) is 0 Å². The monoisotopic (exact) mass is 404 g/mol. The average Bonchev–Trinajstić information content (AvgIpc) is 3.08.